The predicted molar refractivity (Wildman–Crippen MR) is 73.1 cm³/mol. The van der Waals surface area contributed by atoms with E-state index in [1.807, 2.05) is 0 Å². The average Bonchev–Trinajstić information content (AvgIpc) is 2.93. The summed E-state index contributed by atoms with van der Waals surface area (Å²) < 4.78 is 10.2. The number of hydrogen-bond donors (Lipinski definition) is 1. The van der Waals surface area contributed by atoms with Gasteiger partial charge in [-0.05, 0) is 40.2 Å². The zero-order valence-electron chi connectivity index (χ0n) is 12.6. The summed E-state index contributed by atoms with van der Waals surface area (Å²) in [4.78, 5) is 30.7. The molecule has 112 valence electrons. The Hall–Kier alpha value is -2.44. The fourth-order valence-electron chi connectivity index (χ4n) is 2.23. The van der Waals surface area contributed by atoms with Gasteiger partial charge in [-0.1, -0.05) is 5.16 Å². The van der Waals surface area contributed by atoms with E-state index in [9.17, 15) is 9.59 Å². The molecule has 0 radical (unpaired) electrons. The number of Topliss-reactive ketones (excluding diaryl/α,β-unsaturated/α-hetero) is 1. The summed E-state index contributed by atoms with van der Waals surface area (Å²) in [6.07, 6.45) is -0.664. The molecule has 0 aliphatic carbocycles. The fourth-order valence-corrected chi connectivity index (χ4v) is 2.23. The van der Waals surface area contributed by atoms with Crippen molar-refractivity contribution in [3.63, 3.8) is 0 Å². The summed E-state index contributed by atoms with van der Waals surface area (Å²) in [6.45, 7) is 8.23. The maximum Gasteiger partial charge on any atom is 0.355 e. The highest BCUT2D eigenvalue weighted by Gasteiger charge is 2.24. The number of ether oxygens (including phenoxy) is 1. The number of aromatic amines is 1. The van der Waals surface area contributed by atoms with E-state index in [0.717, 1.165) is 0 Å². The molecule has 0 amide bonds. The van der Waals surface area contributed by atoms with Crippen LogP contribution in [0.4, 0.5) is 0 Å². The molecule has 7 nitrogen and oxygen atoms in total. The van der Waals surface area contributed by atoms with Crippen molar-refractivity contribution in [1.82, 2.24) is 15.1 Å². The summed E-state index contributed by atoms with van der Waals surface area (Å²) in [5.41, 5.74) is 2.01. The quantitative estimate of drug-likeness (QED) is 0.686. The molecule has 21 heavy (non-hydrogen) atoms. The monoisotopic (exact) mass is 291 g/mol. The molecule has 2 heterocycles. The van der Waals surface area contributed by atoms with Gasteiger partial charge in [0, 0.05) is 11.3 Å². The molecule has 0 bridgehead atoms. The largest absolute Gasteiger partial charge is 0.448 e. The van der Waals surface area contributed by atoms with Crippen molar-refractivity contribution in [2.45, 2.75) is 40.7 Å². The number of aromatic nitrogens is 3. The minimum atomic E-state index is -0.664. The lowest BCUT2D eigenvalue weighted by Gasteiger charge is -2.08. The molecule has 0 unspecified atom stereocenters. The van der Waals surface area contributed by atoms with Crippen LogP contribution in [0.15, 0.2) is 4.52 Å². The number of H-pyrrole nitrogens is 1. The number of hydrogen-bond acceptors (Lipinski definition) is 6. The van der Waals surface area contributed by atoms with E-state index in [0.29, 0.717) is 22.6 Å². The number of carbonyl (C=O) groups excluding carboxylic acids is 2. The van der Waals surface area contributed by atoms with Gasteiger partial charge in [-0.2, -0.15) is 4.98 Å². The first-order valence-corrected chi connectivity index (χ1v) is 6.52. The Morgan fingerprint density at radius 3 is 2.43 bits per heavy atom. The van der Waals surface area contributed by atoms with Crippen LogP contribution in [0.2, 0.25) is 0 Å². The van der Waals surface area contributed by atoms with Gasteiger partial charge in [0.25, 0.3) is 5.89 Å². The molecule has 0 aromatic carbocycles. The summed E-state index contributed by atoms with van der Waals surface area (Å²) in [6, 6.07) is 0. The van der Waals surface area contributed by atoms with E-state index in [4.69, 9.17) is 9.26 Å². The molecule has 0 aliphatic rings. The van der Waals surface area contributed by atoms with Crippen molar-refractivity contribution in [2.24, 2.45) is 0 Å². The minimum absolute atomic E-state index is 0.0964. The van der Waals surface area contributed by atoms with Gasteiger partial charge in [0.15, 0.2) is 17.7 Å². The Bertz CT molecular complexity index is 699. The van der Waals surface area contributed by atoms with Crippen LogP contribution in [0.25, 0.3) is 0 Å². The van der Waals surface area contributed by atoms with Gasteiger partial charge in [-0.25, -0.2) is 4.79 Å². The maximum absolute atomic E-state index is 12.2. The summed E-state index contributed by atoms with van der Waals surface area (Å²) >= 11 is 0. The van der Waals surface area contributed by atoms with Crippen LogP contribution >= 0.6 is 0 Å². The smallest absolute Gasteiger partial charge is 0.355 e. The van der Waals surface area contributed by atoms with Crippen LogP contribution in [-0.4, -0.2) is 26.9 Å². The van der Waals surface area contributed by atoms with E-state index < -0.39 is 12.1 Å². The molecular formula is C14H17N3O4. The summed E-state index contributed by atoms with van der Waals surface area (Å²) in [7, 11) is 0. The van der Waals surface area contributed by atoms with Gasteiger partial charge in [-0.15, -0.1) is 0 Å². The number of esters is 1. The van der Waals surface area contributed by atoms with Crippen molar-refractivity contribution < 1.29 is 18.8 Å². The Morgan fingerprint density at radius 2 is 1.95 bits per heavy atom. The van der Waals surface area contributed by atoms with Gasteiger partial charge in [0.05, 0.1) is 0 Å². The molecular weight excluding hydrogens is 274 g/mol. The van der Waals surface area contributed by atoms with E-state index in [1.54, 1.807) is 27.7 Å². The van der Waals surface area contributed by atoms with Gasteiger partial charge in [0.2, 0.25) is 0 Å². The van der Waals surface area contributed by atoms with Crippen molar-refractivity contribution in [3.8, 4) is 0 Å². The highest BCUT2D eigenvalue weighted by molar-refractivity contribution is 6.01. The zero-order chi connectivity index (χ0) is 15.7. The van der Waals surface area contributed by atoms with Crippen LogP contribution in [0, 0.1) is 20.8 Å². The third-order valence-corrected chi connectivity index (χ3v) is 3.17. The van der Waals surface area contributed by atoms with E-state index in [1.165, 1.54) is 6.92 Å². The van der Waals surface area contributed by atoms with Crippen LogP contribution in [0.3, 0.4) is 0 Å². The molecule has 0 fully saturated rings. The first-order valence-electron chi connectivity index (χ1n) is 6.52. The molecule has 2 aromatic rings. The molecule has 2 rings (SSSR count). The third kappa shape index (κ3) is 2.86. The number of carbonyl (C=O) groups is 2. The molecule has 0 saturated heterocycles. The van der Waals surface area contributed by atoms with E-state index in [-0.39, 0.29) is 17.4 Å². The Kier molecular flexibility index (Phi) is 3.93. The SMILES string of the molecule is CC(=O)c1c(C)[nH]c(C(=O)O[C@@H](C)c2nc(C)no2)c1C. The first kappa shape index (κ1) is 15.0. The highest BCUT2D eigenvalue weighted by Crippen LogP contribution is 2.22. The third-order valence-electron chi connectivity index (χ3n) is 3.17. The molecule has 0 spiro atoms. The Balaban J connectivity index is 2.21. The Morgan fingerprint density at radius 1 is 1.29 bits per heavy atom. The second kappa shape index (κ2) is 5.51. The molecule has 1 N–H and O–H groups in total. The fraction of sp³-hybridized carbons (Fsp3) is 0.429. The maximum atomic E-state index is 12.2. The van der Waals surface area contributed by atoms with Crippen molar-refractivity contribution in [1.29, 1.82) is 0 Å². The van der Waals surface area contributed by atoms with Crippen molar-refractivity contribution in [3.05, 3.63) is 34.2 Å². The van der Waals surface area contributed by atoms with E-state index in [2.05, 4.69) is 15.1 Å². The van der Waals surface area contributed by atoms with Crippen LogP contribution in [-0.2, 0) is 4.74 Å². The molecule has 0 aliphatic heterocycles. The zero-order valence-corrected chi connectivity index (χ0v) is 12.6. The van der Waals surface area contributed by atoms with Crippen LogP contribution < -0.4 is 0 Å². The molecule has 1 atom stereocenters. The number of aryl methyl sites for hydroxylation is 2. The van der Waals surface area contributed by atoms with Crippen LogP contribution in [0.5, 0.6) is 0 Å². The summed E-state index contributed by atoms with van der Waals surface area (Å²) in [5.74, 6) is 0.0413. The lowest BCUT2D eigenvalue weighted by molar-refractivity contribution is 0.0258. The summed E-state index contributed by atoms with van der Waals surface area (Å²) in [5, 5.41) is 3.65. The topological polar surface area (TPSA) is 98.1 Å². The average molecular weight is 291 g/mol. The molecule has 7 heteroatoms. The van der Waals surface area contributed by atoms with Crippen LogP contribution in [0.1, 0.15) is 63.8 Å². The second-order valence-corrected chi connectivity index (χ2v) is 4.91. The first-order chi connectivity index (χ1) is 9.81. The second-order valence-electron chi connectivity index (χ2n) is 4.91. The van der Waals surface area contributed by atoms with Gasteiger partial charge < -0.3 is 14.2 Å². The van der Waals surface area contributed by atoms with Gasteiger partial charge in [0.1, 0.15) is 5.69 Å². The molecule has 0 saturated carbocycles. The van der Waals surface area contributed by atoms with Gasteiger partial charge >= 0.3 is 5.97 Å². The predicted octanol–water partition coefficient (Wildman–Crippen LogP) is 2.44. The van der Waals surface area contributed by atoms with Gasteiger partial charge in [-0.3, -0.25) is 4.79 Å². The molecule has 2 aromatic heterocycles. The number of ketones is 1. The normalized spacial score (nSPS) is 12.2. The van der Waals surface area contributed by atoms with E-state index >= 15 is 0 Å². The number of nitrogens with one attached hydrogen (secondary N) is 1. The standard InChI is InChI=1S/C14H17N3O4/c1-6-11(8(3)18)7(2)15-12(6)14(19)20-9(4)13-16-10(5)17-21-13/h9,15H,1-5H3/t9-/m0/s1. The Labute approximate surface area is 121 Å². The lowest BCUT2D eigenvalue weighted by atomic mass is 10.1. The lowest BCUT2D eigenvalue weighted by Crippen LogP contribution is -2.11. The van der Waals surface area contributed by atoms with Crippen molar-refractivity contribution in [2.75, 3.05) is 0 Å². The minimum Gasteiger partial charge on any atom is -0.448 e. The highest BCUT2D eigenvalue weighted by atomic mass is 16.6. The van der Waals surface area contributed by atoms with Crippen molar-refractivity contribution >= 4 is 11.8 Å². The number of rotatable bonds is 4. The number of nitrogens with zero attached hydrogens (tertiary/aromatic N) is 2.